The van der Waals surface area contributed by atoms with Crippen molar-refractivity contribution < 1.29 is 4.79 Å². The van der Waals surface area contributed by atoms with Crippen LogP contribution in [-0.2, 0) is 11.2 Å². The van der Waals surface area contributed by atoms with E-state index in [0.717, 1.165) is 6.42 Å². The molecule has 0 fully saturated rings. The molecule has 0 aliphatic rings. The Hall–Kier alpha value is -1.44. The number of hydrogen-bond donors (Lipinski definition) is 1. The van der Waals surface area contributed by atoms with E-state index in [0.29, 0.717) is 17.6 Å². The van der Waals surface area contributed by atoms with Gasteiger partial charge in [-0.25, -0.2) is 0 Å². The molecule has 1 N–H and O–H groups in total. The third-order valence-corrected chi connectivity index (χ3v) is 4.51. The topological polar surface area (TPSA) is 29.1 Å². The fraction of sp³-hybridized carbons (Fsp3) is 0.235. The van der Waals surface area contributed by atoms with Gasteiger partial charge in [-0.05, 0) is 34.9 Å². The van der Waals surface area contributed by atoms with Crippen LogP contribution in [0.3, 0.4) is 0 Å². The lowest BCUT2D eigenvalue weighted by molar-refractivity contribution is -0.118. The zero-order valence-electron chi connectivity index (χ0n) is 11.6. The first-order chi connectivity index (χ1) is 10.2. The van der Waals surface area contributed by atoms with E-state index in [9.17, 15) is 4.79 Å². The van der Waals surface area contributed by atoms with Crippen molar-refractivity contribution in [2.24, 2.45) is 0 Å². The lowest BCUT2D eigenvalue weighted by atomic mass is 10.0. The van der Waals surface area contributed by atoms with E-state index in [1.54, 1.807) is 11.8 Å². The van der Waals surface area contributed by atoms with Crippen molar-refractivity contribution in [1.82, 2.24) is 5.32 Å². The van der Waals surface area contributed by atoms with Gasteiger partial charge >= 0.3 is 0 Å². The average molecular weight is 362 g/mol. The van der Waals surface area contributed by atoms with Gasteiger partial charge in [0, 0.05) is 11.4 Å². The summed E-state index contributed by atoms with van der Waals surface area (Å²) in [6.45, 7) is 0.644. The van der Waals surface area contributed by atoms with Crippen molar-refractivity contribution in [3.63, 3.8) is 0 Å². The minimum absolute atomic E-state index is 0.0144. The van der Waals surface area contributed by atoms with E-state index in [1.807, 2.05) is 0 Å². The van der Waals surface area contributed by atoms with Crippen LogP contribution in [0.2, 0.25) is 0 Å². The van der Waals surface area contributed by atoms with Crippen molar-refractivity contribution >= 4 is 44.4 Å². The van der Waals surface area contributed by atoms with Gasteiger partial charge in [0.1, 0.15) is 0 Å². The van der Waals surface area contributed by atoms with Crippen LogP contribution in [0.25, 0.3) is 10.8 Å². The van der Waals surface area contributed by atoms with E-state index in [-0.39, 0.29) is 5.91 Å². The summed E-state index contributed by atoms with van der Waals surface area (Å²) in [7, 11) is 0. The quantitative estimate of drug-likeness (QED) is 0.483. The molecule has 0 aliphatic carbocycles. The molecule has 0 radical (unpaired) electrons. The minimum Gasteiger partial charge on any atom is -0.355 e. The van der Waals surface area contributed by atoms with Gasteiger partial charge < -0.3 is 5.32 Å². The van der Waals surface area contributed by atoms with E-state index in [1.165, 1.54) is 21.2 Å². The highest BCUT2D eigenvalue weighted by Crippen LogP contribution is 2.26. The van der Waals surface area contributed by atoms with Crippen LogP contribution in [0.15, 0.2) is 41.3 Å². The third kappa shape index (κ3) is 4.52. The standard InChI is InChI=1S/C17H16BrNOS/c1-2-10-21-15-7-6-13-4-3-5-14(16(13)11-15)8-9-19-17(20)12-18/h1,3-7,11H,8-10,12H2,(H,19,20). The van der Waals surface area contributed by atoms with Crippen LogP contribution in [-0.4, -0.2) is 23.5 Å². The first-order valence-electron chi connectivity index (χ1n) is 6.65. The molecule has 0 saturated heterocycles. The zero-order valence-corrected chi connectivity index (χ0v) is 14.0. The average Bonchev–Trinajstić information content (AvgIpc) is 2.52. The molecule has 0 saturated carbocycles. The van der Waals surface area contributed by atoms with Crippen molar-refractivity contribution in [3.05, 3.63) is 42.0 Å². The predicted octanol–water partition coefficient (Wildman–Crippen LogP) is 3.62. The molecule has 2 aromatic rings. The molecule has 2 nitrogen and oxygen atoms in total. The molecule has 1 amide bonds. The summed E-state index contributed by atoms with van der Waals surface area (Å²) in [4.78, 5) is 12.4. The SMILES string of the molecule is C#CCSc1ccc2cccc(CCNC(=O)CBr)c2c1. The molecule has 108 valence electrons. The highest BCUT2D eigenvalue weighted by atomic mass is 79.9. The van der Waals surface area contributed by atoms with Gasteiger partial charge in [-0.3, -0.25) is 4.79 Å². The first-order valence-corrected chi connectivity index (χ1v) is 8.76. The van der Waals surface area contributed by atoms with E-state index in [2.05, 4.69) is 63.6 Å². The number of terminal acetylenes is 1. The molecule has 0 aromatic heterocycles. The van der Waals surface area contributed by atoms with Crippen LogP contribution >= 0.6 is 27.7 Å². The molecular formula is C17H16BrNOS. The van der Waals surface area contributed by atoms with Gasteiger partial charge in [-0.15, -0.1) is 18.2 Å². The Morgan fingerprint density at radius 3 is 2.95 bits per heavy atom. The maximum atomic E-state index is 11.3. The molecule has 2 rings (SSSR count). The van der Waals surface area contributed by atoms with Crippen LogP contribution in [0.4, 0.5) is 0 Å². The van der Waals surface area contributed by atoms with Crippen LogP contribution in [0, 0.1) is 12.3 Å². The Morgan fingerprint density at radius 1 is 1.33 bits per heavy atom. The second-order valence-corrected chi connectivity index (χ2v) is 6.14. The number of fused-ring (bicyclic) bond motifs is 1. The van der Waals surface area contributed by atoms with E-state index < -0.39 is 0 Å². The summed E-state index contributed by atoms with van der Waals surface area (Å²) in [5.74, 6) is 3.33. The monoisotopic (exact) mass is 361 g/mol. The van der Waals surface area contributed by atoms with Gasteiger partial charge in [0.25, 0.3) is 0 Å². The van der Waals surface area contributed by atoms with Gasteiger partial charge in [0.2, 0.25) is 5.91 Å². The van der Waals surface area contributed by atoms with Gasteiger partial charge in [0.15, 0.2) is 0 Å². The maximum absolute atomic E-state index is 11.3. The van der Waals surface area contributed by atoms with Crippen LogP contribution < -0.4 is 5.32 Å². The number of carbonyl (C=O) groups excluding carboxylic acids is 1. The first kappa shape index (κ1) is 15.9. The summed E-state index contributed by atoms with van der Waals surface area (Å²) >= 11 is 4.81. The summed E-state index contributed by atoms with van der Waals surface area (Å²) in [6, 6.07) is 12.7. The number of thioether (sulfide) groups is 1. The van der Waals surface area contributed by atoms with Crippen LogP contribution in [0.1, 0.15) is 5.56 Å². The molecule has 0 spiro atoms. The van der Waals surface area contributed by atoms with Crippen LogP contribution in [0.5, 0.6) is 0 Å². The summed E-state index contributed by atoms with van der Waals surface area (Å²) in [6.07, 6.45) is 6.13. The lowest BCUT2D eigenvalue weighted by Crippen LogP contribution is -2.26. The summed E-state index contributed by atoms with van der Waals surface area (Å²) in [5, 5.41) is 5.66. The Bertz CT molecular complexity index is 678. The molecule has 4 heteroatoms. The fourth-order valence-electron chi connectivity index (χ4n) is 2.13. The number of benzene rings is 2. The van der Waals surface area contributed by atoms with Gasteiger partial charge in [-0.2, -0.15) is 0 Å². The Balaban J connectivity index is 2.18. The lowest BCUT2D eigenvalue weighted by Gasteiger charge is -2.09. The maximum Gasteiger partial charge on any atom is 0.230 e. The second kappa shape index (κ2) is 8.11. The molecular weight excluding hydrogens is 346 g/mol. The number of amides is 1. The number of rotatable bonds is 6. The molecule has 0 bridgehead atoms. The highest BCUT2D eigenvalue weighted by molar-refractivity contribution is 9.09. The number of nitrogens with one attached hydrogen (secondary N) is 1. The minimum atomic E-state index is 0.0144. The Labute approximate surface area is 137 Å². The Kier molecular flexibility index (Phi) is 6.16. The normalized spacial score (nSPS) is 10.3. The number of halogens is 1. The molecule has 0 heterocycles. The number of carbonyl (C=O) groups is 1. The van der Waals surface area contributed by atoms with Crippen molar-refractivity contribution in [1.29, 1.82) is 0 Å². The van der Waals surface area contributed by atoms with Crippen molar-refractivity contribution in [3.8, 4) is 12.3 Å². The van der Waals surface area contributed by atoms with E-state index in [4.69, 9.17) is 6.42 Å². The second-order valence-electron chi connectivity index (χ2n) is 4.53. The number of hydrogen-bond acceptors (Lipinski definition) is 2. The van der Waals surface area contributed by atoms with E-state index >= 15 is 0 Å². The largest absolute Gasteiger partial charge is 0.355 e. The summed E-state index contributed by atoms with van der Waals surface area (Å²) < 4.78 is 0. The molecule has 2 aromatic carbocycles. The fourth-order valence-corrected chi connectivity index (χ4v) is 2.95. The Morgan fingerprint density at radius 2 is 2.19 bits per heavy atom. The summed E-state index contributed by atoms with van der Waals surface area (Å²) in [5.41, 5.74) is 1.24. The molecule has 0 atom stereocenters. The smallest absolute Gasteiger partial charge is 0.230 e. The molecule has 0 aliphatic heterocycles. The third-order valence-electron chi connectivity index (χ3n) is 3.10. The molecule has 21 heavy (non-hydrogen) atoms. The molecule has 0 unspecified atom stereocenters. The highest BCUT2D eigenvalue weighted by Gasteiger charge is 2.04. The predicted molar refractivity (Wildman–Crippen MR) is 94.0 cm³/mol. The van der Waals surface area contributed by atoms with Gasteiger partial charge in [0.05, 0.1) is 11.1 Å². The van der Waals surface area contributed by atoms with Crippen molar-refractivity contribution in [2.45, 2.75) is 11.3 Å². The van der Waals surface area contributed by atoms with Crippen molar-refractivity contribution in [2.75, 3.05) is 17.6 Å². The number of alkyl halides is 1. The van der Waals surface area contributed by atoms with Gasteiger partial charge in [-0.1, -0.05) is 46.1 Å². The zero-order chi connectivity index (χ0) is 15.1.